The van der Waals surface area contributed by atoms with E-state index in [1.165, 1.54) is 24.3 Å². The Bertz CT molecular complexity index is 1320. The fourth-order valence-electron chi connectivity index (χ4n) is 6.96. The second kappa shape index (κ2) is 7.30. The molecule has 180 valence electrons. The number of nitriles is 1. The Hall–Kier alpha value is -3.40. The number of hydrogen-bond donors (Lipinski definition) is 1. The van der Waals surface area contributed by atoms with E-state index in [-0.39, 0.29) is 34.0 Å². The molecule has 1 aromatic carbocycles. The van der Waals surface area contributed by atoms with Gasteiger partial charge in [-0.05, 0) is 60.4 Å². The van der Waals surface area contributed by atoms with Crippen LogP contribution in [0.3, 0.4) is 0 Å². The van der Waals surface area contributed by atoms with Crippen molar-refractivity contribution in [2.75, 3.05) is 31.1 Å². The average molecular weight is 473 g/mol. The van der Waals surface area contributed by atoms with Crippen molar-refractivity contribution in [3.63, 3.8) is 0 Å². The SMILES string of the molecule is C=CC(=O)N1CC2(CCN(c3nc4c(c(-c5cc(O)ccc5F)c3C#N)C[C@H]3C[C@@H]4C3(C)C)C2)C1. The molecule has 0 unspecified atom stereocenters. The number of carbonyl (C=O) groups excluding carboxylic acids is 1. The van der Waals surface area contributed by atoms with E-state index in [0.717, 1.165) is 37.1 Å². The summed E-state index contributed by atoms with van der Waals surface area (Å²) < 4.78 is 15.2. The molecule has 2 saturated heterocycles. The van der Waals surface area contributed by atoms with Crippen molar-refractivity contribution in [1.29, 1.82) is 5.26 Å². The first-order valence-electron chi connectivity index (χ1n) is 12.3. The number of likely N-dealkylation sites (tertiary alicyclic amines) is 1. The molecule has 1 aromatic heterocycles. The maximum absolute atomic E-state index is 15.2. The van der Waals surface area contributed by atoms with Crippen molar-refractivity contribution < 1.29 is 14.3 Å². The van der Waals surface area contributed by atoms with Gasteiger partial charge in [0.05, 0.1) is 5.69 Å². The number of pyridine rings is 1. The third-order valence-electron chi connectivity index (χ3n) is 9.17. The predicted molar refractivity (Wildman–Crippen MR) is 130 cm³/mol. The molecule has 1 saturated carbocycles. The lowest BCUT2D eigenvalue weighted by Gasteiger charge is -2.57. The van der Waals surface area contributed by atoms with Crippen molar-refractivity contribution in [2.45, 2.75) is 39.0 Å². The molecule has 1 N–H and O–H groups in total. The maximum atomic E-state index is 15.2. The summed E-state index contributed by atoms with van der Waals surface area (Å²) in [6.45, 7) is 10.9. The van der Waals surface area contributed by atoms with Crippen molar-refractivity contribution >= 4 is 11.7 Å². The lowest BCUT2D eigenvalue weighted by molar-refractivity contribution is -0.136. The van der Waals surface area contributed by atoms with Crippen molar-refractivity contribution in [3.8, 4) is 22.9 Å². The van der Waals surface area contributed by atoms with Crippen molar-refractivity contribution in [3.05, 3.63) is 53.5 Å². The third-order valence-corrected chi connectivity index (χ3v) is 9.17. The lowest BCUT2D eigenvalue weighted by atomic mass is 9.48. The van der Waals surface area contributed by atoms with E-state index in [4.69, 9.17) is 4.98 Å². The topological polar surface area (TPSA) is 80.5 Å². The fourth-order valence-corrected chi connectivity index (χ4v) is 6.96. The van der Waals surface area contributed by atoms with E-state index in [9.17, 15) is 15.2 Å². The molecule has 5 aliphatic rings. The van der Waals surface area contributed by atoms with Crippen molar-refractivity contribution in [1.82, 2.24) is 9.88 Å². The van der Waals surface area contributed by atoms with Crippen LogP contribution in [0.2, 0.25) is 0 Å². The summed E-state index contributed by atoms with van der Waals surface area (Å²) in [5.74, 6) is 0.810. The summed E-state index contributed by atoms with van der Waals surface area (Å²) in [6, 6.07) is 6.37. The molecule has 3 aliphatic carbocycles. The lowest BCUT2D eigenvalue weighted by Crippen LogP contribution is -2.59. The van der Waals surface area contributed by atoms with Crippen LogP contribution in [0, 0.1) is 33.9 Å². The highest BCUT2D eigenvalue weighted by Gasteiger charge is 2.55. The largest absolute Gasteiger partial charge is 0.508 e. The highest BCUT2D eigenvalue weighted by atomic mass is 19.1. The van der Waals surface area contributed by atoms with Gasteiger partial charge >= 0.3 is 0 Å². The minimum absolute atomic E-state index is 0.0136. The normalized spacial score (nSPS) is 24.9. The molecule has 2 aromatic rings. The summed E-state index contributed by atoms with van der Waals surface area (Å²) >= 11 is 0. The minimum atomic E-state index is -0.451. The predicted octanol–water partition coefficient (Wildman–Crippen LogP) is 4.38. The van der Waals surface area contributed by atoms with Crippen LogP contribution in [0.25, 0.3) is 11.1 Å². The Morgan fingerprint density at radius 2 is 2.11 bits per heavy atom. The molecule has 0 radical (unpaired) electrons. The molecule has 2 aliphatic heterocycles. The van der Waals surface area contributed by atoms with Crippen LogP contribution >= 0.6 is 0 Å². The molecule has 1 spiro atoms. The number of hydrogen-bond acceptors (Lipinski definition) is 5. The van der Waals surface area contributed by atoms with Crippen molar-refractivity contribution in [2.24, 2.45) is 16.7 Å². The van der Waals surface area contributed by atoms with Gasteiger partial charge < -0.3 is 14.9 Å². The minimum Gasteiger partial charge on any atom is -0.508 e. The van der Waals surface area contributed by atoms with Crippen LogP contribution in [-0.2, 0) is 11.2 Å². The smallest absolute Gasteiger partial charge is 0.245 e. The number of carbonyl (C=O) groups is 1. The fraction of sp³-hybridized carbons (Fsp3) is 0.464. The summed E-state index contributed by atoms with van der Waals surface area (Å²) in [7, 11) is 0. The van der Waals surface area contributed by atoms with E-state index in [0.29, 0.717) is 42.5 Å². The van der Waals surface area contributed by atoms with E-state index in [1.54, 1.807) is 4.90 Å². The highest BCUT2D eigenvalue weighted by molar-refractivity contribution is 5.88. The van der Waals surface area contributed by atoms with Crippen LogP contribution < -0.4 is 4.90 Å². The molecule has 1 amide bonds. The molecule has 3 fully saturated rings. The van der Waals surface area contributed by atoms with Crippen LogP contribution in [0.1, 0.15) is 49.4 Å². The standard InChI is InChI=1S/C28H29FN4O2/c1-4-23(35)33-14-28(15-33)7-8-32(13-28)26-20(12-30)24(18-11-17(34)5-6-22(18)29)19-9-16-10-21(25(19)31-26)27(16,2)3/h4-6,11,16,21,34H,1,7-10,13-15H2,2-3H3/t16-,21-/m0/s1. The number of halogens is 1. The number of nitrogens with zero attached hydrogens (tertiary/aromatic N) is 4. The summed E-state index contributed by atoms with van der Waals surface area (Å²) in [5.41, 5.74) is 3.26. The first kappa shape index (κ1) is 22.1. The van der Waals surface area contributed by atoms with Gasteiger partial charge in [0, 0.05) is 48.6 Å². The second-order valence-electron chi connectivity index (χ2n) is 11.4. The number of aromatic hydroxyl groups is 1. The van der Waals surface area contributed by atoms with Gasteiger partial charge in [0.15, 0.2) is 0 Å². The Kier molecular flexibility index (Phi) is 4.61. The van der Waals surface area contributed by atoms with E-state index >= 15 is 4.39 Å². The van der Waals surface area contributed by atoms with Crippen LogP contribution in [-0.4, -0.2) is 47.1 Å². The average Bonchev–Trinajstić information content (AvgIpc) is 3.28. The third kappa shape index (κ3) is 3.05. The molecule has 7 rings (SSSR count). The van der Waals surface area contributed by atoms with Gasteiger partial charge in [-0.3, -0.25) is 4.79 Å². The monoisotopic (exact) mass is 472 g/mol. The Morgan fingerprint density at radius 1 is 1.34 bits per heavy atom. The zero-order valence-electron chi connectivity index (χ0n) is 20.1. The summed E-state index contributed by atoms with van der Waals surface area (Å²) in [5, 5.41) is 20.5. The van der Waals surface area contributed by atoms with Gasteiger partial charge in [-0.1, -0.05) is 20.4 Å². The second-order valence-corrected chi connectivity index (χ2v) is 11.4. The van der Waals surface area contributed by atoms with E-state index in [1.807, 2.05) is 0 Å². The number of rotatable bonds is 3. The molecule has 2 bridgehead atoms. The number of anilines is 1. The first-order chi connectivity index (χ1) is 16.7. The van der Waals surface area contributed by atoms with Gasteiger partial charge in [-0.15, -0.1) is 0 Å². The zero-order chi connectivity index (χ0) is 24.7. The van der Waals surface area contributed by atoms with Gasteiger partial charge in [0.1, 0.15) is 29.0 Å². The maximum Gasteiger partial charge on any atom is 0.245 e. The van der Waals surface area contributed by atoms with Gasteiger partial charge in [-0.2, -0.15) is 5.26 Å². The Morgan fingerprint density at radius 3 is 2.80 bits per heavy atom. The quantitative estimate of drug-likeness (QED) is 0.671. The molecule has 6 nitrogen and oxygen atoms in total. The summed E-state index contributed by atoms with van der Waals surface area (Å²) in [6.07, 6.45) is 4.07. The van der Waals surface area contributed by atoms with Crippen LogP contribution in [0.4, 0.5) is 10.2 Å². The Balaban J connectivity index is 1.47. The number of aromatic nitrogens is 1. The number of phenolic OH excluding ortho intramolecular Hbond substituents is 1. The number of phenols is 1. The Labute approximate surface area is 204 Å². The molecular weight excluding hydrogens is 443 g/mol. The van der Waals surface area contributed by atoms with E-state index < -0.39 is 5.82 Å². The molecule has 3 heterocycles. The number of benzene rings is 1. The van der Waals surface area contributed by atoms with Gasteiger partial charge in [0.25, 0.3) is 0 Å². The molecular formula is C28H29FN4O2. The highest BCUT2D eigenvalue weighted by Crippen LogP contribution is 2.63. The van der Waals surface area contributed by atoms with Crippen LogP contribution in [0.15, 0.2) is 30.9 Å². The van der Waals surface area contributed by atoms with Gasteiger partial charge in [-0.25, -0.2) is 9.37 Å². The van der Waals surface area contributed by atoms with Crippen LogP contribution in [0.5, 0.6) is 5.75 Å². The number of amides is 1. The van der Waals surface area contributed by atoms with Gasteiger partial charge in [0.2, 0.25) is 5.91 Å². The molecule has 35 heavy (non-hydrogen) atoms. The first-order valence-corrected chi connectivity index (χ1v) is 12.3. The summed E-state index contributed by atoms with van der Waals surface area (Å²) in [4.78, 5) is 21.1. The van der Waals surface area contributed by atoms with E-state index in [2.05, 4.69) is 31.4 Å². The molecule has 7 heteroatoms. The zero-order valence-corrected chi connectivity index (χ0v) is 20.1. The molecule has 2 atom stereocenters.